The highest BCUT2D eigenvalue weighted by Crippen LogP contribution is 2.24. The van der Waals surface area contributed by atoms with Crippen molar-refractivity contribution >= 4 is 16.8 Å². The number of aromatic nitrogens is 1. The monoisotopic (exact) mass is 328 g/mol. The molecule has 0 radical (unpaired) electrons. The maximum absolute atomic E-state index is 12.6. The fraction of sp³-hybridized carbons (Fsp3) is 0.500. The number of aryl methyl sites for hydroxylation is 2. The van der Waals surface area contributed by atoms with Crippen molar-refractivity contribution < 1.29 is 9.90 Å². The Morgan fingerprint density at radius 3 is 2.54 bits per heavy atom. The van der Waals surface area contributed by atoms with Crippen molar-refractivity contribution in [2.75, 3.05) is 6.61 Å². The topological polar surface area (TPSA) is 62.2 Å². The molecule has 0 fully saturated rings. The van der Waals surface area contributed by atoms with Crippen LogP contribution in [0.3, 0.4) is 0 Å². The molecule has 0 aliphatic rings. The molecule has 1 aromatic heterocycles. The van der Waals surface area contributed by atoms with Crippen molar-refractivity contribution in [2.45, 2.75) is 53.5 Å². The number of hydrogen-bond acceptors (Lipinski definition) is 3. The number of amides is 1. The Kier molecular flexibility index (Phi) is 5.60. The minimum atomic E-state index is -0.0931. The molecule has 2 N–H and O–H groups in total. The Hall–Kier alpha value is -1.94. The molecule has 0 bridgehead atoms. The average Bonchev–Trinajstić information content (AvgIpc) is 2.50. The number of aliphatic hydroxyl groups is 1. The summed E-state index contributed by atoms with van der Waals surface area (Å²) in [4.78, 5) is 17.2. The Labute approximate surface area is 144 Å². The summed E-state index contributed by atoms with van der Waals surface area (Å²) in [6.07, 6.45) is 0.872. The molecular formula is C20H28N2O2. The van der Waals surface area contributed by atoms with Crippen molar-refractivity contribution in [3.05, 3.63) is 41.1 Å². The molecule has 0 saturated carbocycles. The van der Waals surface area contributed by atoms with Crippen molar-refractivity contribution in [2.24, 2.45) is 5.41 Å². The van der Waals surface area contributed by atoms with Crippen molar-refractivity contribution in [3.63, 3.8) is 0 Å². The second-order valence-corrected chi connectivity index (χ2v) is 7.49. The summed E-state index contributed by atoms with van der Waals surface area (Å²) in [5.74, 6) is -0.0216. The van der Waals surface area contributed by atoms with Gasteiger partial charge in [0.2, 0.25) is 5.91 Å². The first kappa shape index (κ1) is 18.4. The molecule has 2 aromatic rings. The Bertz CT molecular complexity index is 732. The zero-order valence-corrected chi connectivity index (χ0v) is 15.3. The summed E-state index contributed by atoms with van der Waals surface area (Å²) in [5, 5.41) is 13.4. The molecular weight excluding hydrogens is 300 g/mol. The van der Waals surface area contributed by atoms with Crippen LogP contribution in [0.15, 0.2) is 24.3 Å². The first-order valence-electron chi connectivity index (χ1n) is 8.49. The van der Waals surface area contributed by atoms with Crippen LogP contribution in [0.25, 0.3) is 10.9 Å². The van der Waals surface area contributed by atoms with Gasteiger partial charge >= 0.3 is 0 Å². The third kappa shape index (κ3) is 4.12. The van der Waals surface area contributed by atoms with Gasteiger partial charge in [-0.1, -0.05) is 39.0 Å². The Morgan fingerprint density at radius 2 is 1.92 bits per heavy atom. The zero-order valence-electron chi connectivity index (χ0n) is 15.3. The summed E-state index contributed by atoms with van der Waals surface area (Å²) in [6.45, 7) is 10.3. The molecule has 24 heavy (non-hydrogen) atoms. The van der Waals surface area contributed by atoms with E-state index in [9.17, 15) is 9.90 Å². The number of fused-ring (bicyclic) bond motifs is 1. The third-order valence-corrected chi connectivity index (χ3v) is 4.62. The molecule has 1 amide bonds. The van der Waals surface area contributed by atoms with Crippen LogP contribution < -0.4 is 5.32 Å². The van der Waals surface area contributed by atoms with Gasteiger partial charge < -0.3 is 10.4 Å². The average molecular weight is 328 g/mol. The molecule has 1 atom stereocenters. The van der Waals surface area contributed by atoms with E-state index in [-0.39, 0.29) is 24.0 Å². The molecule has 130 valence electrons. The maximum atomic E-state index is 12.6. The second kappa shape index (κ2) is 7.31. The number of para-hydroxylation sites is 1. The van der Waals surface area contributed by atoms with Crippen LogP contribution in [0, 0.1) is 19.3 Å². The molecule has 0 spiro atoms. The normalized spacial score (nSPS) is 13.1. The molecule has 0 aliphatic heterocycles. The van der Waals surface area contributed by atoms with Gasteiger partial charge in [0.25, 0.3) is 0 Å². The van der Waals surface area contributed by atoms with E-state index in [0.29, 0.717) is 12.8 Å². The Balaban J connectivity index is 2.24. The number of hydrogen-bond donors (Lipinski definition) is 2. The van der Waals surface area contributed by atoms with Crippen LogP contribution in [0.4, 0.5) is 0 Å². The lowest BCUT2D eigenvalue weighted by atomic mass is 9.84. The molecule has 4 nitrogen and oxygen atoms in total. The minimum absolute atomic E-state index is 0.0216. The molecule has 0 aliphatic carbocycles. The number of rotatable bonds is 5. The number of nitrogens with one attached hydrogen (secondary N) is 1. The van der Waals surface area contributed by atoms with Crippen LogP contribution in [0.2, 0.25) is 0 Å². The van der Waals surface area contributed by atoms with Crippen molar-refractivity contribution in [1.29, 1.82) is 0 Å². The molecule has 1 unspecified atom stereocenters. The quantitative estimate of drug-likeness (QED) is 0.885. The summed E-state index contributed by atoms with van der Waals surface area (Å²) in [7, 11) is 0. The van der Waals surface area contributed by atoms with Gasteiger partial charge in [-0.05, 0) is 42.9 Å². The Morgan fingerprint density at radius 1 is 1.25 bits per heavy atom. The van der Waals surface area contributed by atoms with Crippen LogP contribution in [-0.2, 0) is 11.2 Å². The van der Waals surface area contributed by atoms with Crippen LogP contribution >= 0.6 is 0 Å². The molecule has 1 aromatic carbocycles. The fourth-order valence-electron chi connectivity index (χ4n) is 3.09. The SMILES string of the molecule is Cc1nc2ccccc2c(C)c1CC(=O)NC(CCO)C(C)(C)C. The van der Waals surface area contributed by atoms with Crippen molar-refractivity contribution in [3.8, 4) is 0 Å². The highest BCUT2D eigenvalue weighted by molar-refractivity contribution is 5.86. The van der Waals surface area contributed by atoms with E-state index in [1.165, 1.54) is 0 Å². The lowest BCUT2D eigenvalue weighted by Gasteiger charge is -2.31. The van der Waals surface area contributed by atoms with Gasteiger partial charge in [-0.25, -0.2) is 0 Å². The number of carbonyl (C=O) groups is 1. The number of nitrogens with zero attached hydrogens (tertiary/aromatic N) is 1. The second-order valence-electron chi connectivity index (χ2n) is 7.49. The van der Waals surface area contributed by atoms with Gasteiger partial charge in [-0.2, -0.15) is 0 Å². The van der Waals surface area contributed by atoms with E-state index in [0.717, 1.165) is 27.7 Å². The molecule has 2 rings (SSSR count). The van der Waals surface area contributed by atoms with Crippen molar-refractivity contribution in [1.82, 2.24) is 10.3 Å². The largest absolute Gasteiger partial charge is 0.396 e. The van der Waals surface area contributed by atoms with Gasteiger partial charge in [-0.3, -0.25) is 9.78 Å². The van der Waals surface area contributed by atoms with E-state index < -0.39 is 0 Å². The molecule has 0 saturated heterocycles. The van der Waals surface area contributed by atoms with Gasteiger partial charge in [0.15, 0.2) is 0 Å². The van der Waals surface area contributed by atoms with Crippen LogP contribution in [0.5, 0.6) is 0 Å². The van der Waals surface area contributed by atoms with Crippen LogP contribution in [0.1, 0.15) is 44.0 Å². The number of benzene rings is 1. The number of aliphatic hydroxyl groups excluding tert-OH is 1. The minimum Gasteiger partial charge on any atom is -0.396 e. The molecule has 1 heterocycles. The summed E-state index contributed by atoms with van der Waals surface area (Å²) < 4.78 is 0. The van der Waals surface area contributed by atoms with E-state index in [1.54, 1.807) is 0 Å². The standard InChI is InChI=1S/C20H28N2O2/c1-13-15-8-6-7-9-17(15)21-14(2)16(13)12-19(24)22-18(10-11-23)20(3,4)5/h6-9,18,23H,10-12H2,1-5H3,(H,22,24). The van der Waals surface area contributed by atoms with Gasteiger partial charge in [0.1, 0.15) is 0 Å². The first-order chi connectivity index (χ1) is 11.2. The zero-order chi connectivity index (χ0) is 17.9. The van der Waals surface area contributed by atoms with Gasteiger partial charge in [-0.15, -0.1) is 0 Å². The van der Waals surface area contributed by atoms with Gasteiger partial charge in [0, 0.05) is 23.7 Å². The third-order valence-electron chi connectivity index (χ3n) is 4.62. The predicted molar refractivity (Wildman–Crippen MR) is 98.0 cm³/mol. The van der Waals surface area contributed by atoms with Crippen LogP contribution in [-0.4, -0.2) is 28.6 Å². The molecule has 4 heteroatoms. The maximum Gasteiger partial charge on any atom is 0.224 e. The lowest BCUT2D eigenvalue weighted by Crippen LogP contribution is -2.45. The summed E-state index contributed by atoms with van der Waals surface area (Å²) in [5.41, 5.74) is 3.87. The fourth-order valence-corrected chi connectivity index (χ4v) is 3.09. The van der Waals surface area contributed by atoms with E-state index in [1.807, 2.05) is 31.2 Å². The predicted octanol–water partition coefficient (Wildman–Crippen LogP) is 3.31. The van der Waals surface area contributed by atoms with E-state index >= 15 is 0 Å². The summed E-state index contributed by atoms with van der Waals surface area (Å²) in [6, 6.07) is 7.96. The van der Waals surface area contributed by atoms with E-state index in [2.05, 4.69) is 38.0 Å². The lowest BCUT2D eigenvalue weighted by molar-refractivity contribution is -0.122. The first-order valence-corrected chi connectivity index (χ1v) is 8.49. The highest BCUT2D eigenvalue weighted by Gasteiger charge is 2.26. The summed E-state index contributed by atoms with van der Waals surface area (Å²) >= 11 is 0. The number of pyridine rings is 1. The van der Waals surface area contributed by atoms with E-state index in [4.69, 9.17) is 0 Å². The van der Waals surface area contributed by atoms with Gasteiger partial charge in [0.05, 0.1) is 11.9 Å². The number of carbonyl (C=O) groups excluding carboxylic acids is 1. The highest BCUT2D eigenvalue weighted by atomic mass is 16.3. The smallest absolute Gasteiger partial charge is 0.224 e.